The van der Waals surface area contributed by atoms with Gasteiger partial charge in [0.1, 0.15) is 18.8 Å². The van der Waals surface area contributed by atoms with Gasteiger partial charge in [-0.2, -0.15) is 0 Å². The normalized spacial score (nSPS) is 19.0. The first-order valence-corrected chi connectivity index (χ1v) is 28.9. The maximum absolute atomic E-state index is 13.1. The van der Waals surface area contributed by atoms with Crippen LogP contribution in [0.1, 0.15) is 213 Å². The molecule has 1 aliphatic heterocycles. The Bertz CT molecular complexity index is 1720. The van der Waals surface area contributed by atoms with E-state index in [2.05, 4.69) is 112 Å². The maximum Gasteiger partial charge on any atom is 0.335 e. The number of allylic oxidation sites excluding steroid dienone is 18. The molecule has 12 heteroatoms. The number of hydrogen-bond donors (Lipinski definition) is 3. The first-order chi connectivity index (χ1) is 36.6. The van der Waals surface area contributed by atoms with Gasteiger partial charge in [-0.05, 0) is 109 Å². The summed E-state index contributed by atoms with van der Waals surface area (Å²) >= 11 is 0. The molecule has 0 saturated carbocycles. The fraction of sp³-hybridized carbons (Fsp3) is 0.651. The third-order valence-corrected chi connectivity index (χ3v) is 12.3. The van der Waals surface area contributed by atoms with E-state index in [1.165, 1.54) is 25.7 Å². The minimum atomic E-state index is -1.93. The highest BCUT2D eigenvalue weighted by molar-refractivity contribution is 5.74. The minimum absolute atomic E-state index is 0.0682. The number of rotatable bonds is 47. The Morgan fingerprint density at radius 1 is 0.453 bits per heavy atom. The first-order valence-electron chi connectivity index (χ1n) is 28.9. The van der Waals surface area contributed by atoms with E-state index in [9.17, 15) is 34.5 Å². The van der Waals surface area contributed by atoms with Gasteiger partial charge in [0, 0.05) is 19.3 Å². The fourth-order valence-corrected chi connectivity index (χ4v) is 7.95. The van der Waals surface area contributed by atoms with E-state index in [4.69, 9.17) is 23.7 Å². The average Bonchev–Trinajstić information content (AvgIpc) is 3.39. The Labute approximate surface area is 453 Å². The zero-order valence-electron chi connectivity index (χ0n) is 46.5. The number of aliphatic carboxylic acids is 1. The van der Waals surface area contributed by atoms with Crippen molar-refractivity contribution in [1.29, 1.82) is 0 Å². The van der Waals surface area contributed by atoms with Gasteiger partial charge in [-0.25, -0.2) is 4.79 Å². The van der Waals surface area contributed by atoms with Gasteiger partial charge in [0.05, 0.1) is 6.61 Å². The van der Waals surface area contributed by atoms with E-state index in [1.807, 2.05) is 18.2 Å². The zero-order valence-corrected chi connectivity index (χ0v) is 46.5. The number of carbonyl (C=O) groups is 4. The van der Waals surface area contributed by atoms with Gasteiger partial charge < -0.3 is 39.0 Å². The molecule has 0 aliphatic carbocycles. The molecule has 0 aromatic carbocycles. The lowest BCUT2D eigenvalue weighted by molar-refractivity contribution is -0.301. The van der Waals surface area contributed by atoms with Crippen LogP contribution in [0.5, 0.6) is 0 Å². The number of carboxylic acids is 1. The highest BCUT2D eigenvalue weighted by Gasteiger charge is 2.50. The summed E-state index contributed by atoms with van der Waals surface area (Å²) in [5.74, 6) is -3.27. The lowest BCUT2D eigenvalue weighted by Gasteiger charge is -2.40. The summed E-state index contributed by atoms with van der Waals surface area (Å²) in [6, 6.07) is 0. The van der Waals surface area contributed by atoms with Crippen LogP contribution in [0.3, 0.4) is 0 Å². The largest absolute Gasteiger partial charge is 0.479 e. The van der Waals surface area contributed by atoms with Gasteiger partial charge in [-0.3, -0.25) is 14.4 Å². The summed E-state index contributed by atoms with van der Waals surface area (Å²) < 4.78 is 28.3. The third kappa shape index (κ3) is 40.3. The second-order valence-electron chi connectivity index (χ2n) is 19.2. The van der Waals surface area contributed by atoms with Crippen LogP contribution in [0.25, 0.3) is 0 Å². The predicted molar refractivity (Wildman–Crippen MR) is 303 cm³/mol. The van der Waals surface area contributed by atoms with Crippen molar-refractivity contribution in [2.45, 2.75) is 250 Å². The highest BCUT2D eigenvalue weighted by atomic mass is 16.7. The molecule has 0 spiro atoms. The smallest absolute Gasteiger partial charge is 0.335 e. The van der Waals surface area contributed by atoms with Crippen LogP contribution in [0.2, 0.25) is 0 Å². The molecular formula is C63H100O12. The number of carbonyl (C=O) groups excluding carboxylic acids is 3. The zero-order chi connectivity index (χ0) is 54.7. The molecule has 0 amide bonds. The number of aliphatic hydroxyl groups excluding tert-OH is 2. The van der Waals surface area contributed by atoms with Gasteiger partial charge in [0.15, 0.2) is 24.6 Å². The summed E-state index contributed by atoms with van der Waals surface area (Å²) in [5, 5.41) is 31.4. The molecule has 6 atom stereocenters. The molecule has 1 heterocycles. The Kier molecular flexibility index (Phi) is 45.8. The first kappa shape index (κ1) is 68.4. The van der Waals surface area contributed by atoms with E-state index in [-0.39, 0.29) is 25.9 Å². The molecule has 75 heavy (non-hydrogen) atoms. The van der Waals surface area contributed by atoms with Crippen LogP contribution in [0, 0.1) is 0 Å². The molecule has 424 valence electrons. The van der Waals surface area contributed by atoms with Crippen LogP contribution in [-0.4, -0.2) is 89.2 Å². The standard InChI is InChI=1S/C63H100O12/c1-4-7-10-13-16-19-22-25-27-28-30-32-34-37-40-43-46-49-55(64)71-52-54(73-56(65)50-47-44-41-38-36-33-29-26-23-20-17-14-11-8-5-2)53-72-63-61(59(68)58(67)60(75-63)62(69)70)74-57(66)51-48-45-42-39-35-31-24-21-18-15-12-9-6-3/h7,9-10,12,16-21,25-27,29,31,35,42,45,54,58-61,63,67-68H,4-6,8,11,13-15,22-24,28,30,32-34,36-41,43-44,46-53H2,1-3H3,(H,69,70)/b10-7-,12-9-,19-16-,20-17-,21-18-,27-25-,29-26-,35-31-,45-42-. The monoisotopic (exact) mass is 1050 g/mol. The fourth-order valence-electron chi connectivity index (χ4n) is 7.95. The predicted octanol–water partition coefficient (Wildman–Crippen LogP) is 14.7. The molecule has 1 rings (SSSR count). The second kappa shape index (κ2) is 50.2. The molecule has 0 aromatic rings. The molecule has 0 aromatic heterocycles. The number of unbranched alkanes of at least 4 members (excludes halogenated alkanes) is 15. The lowest BCUT2D eigenvalue weighted by Crippen LogP contribution is -2.61. The summed E-state index contributed by atoms with van der Waals surface area (Å²) in [7, 11) is 0. The minimum Gasteiger partial charge on any atom is -0.479 e. The Morgan fingerprint density at radius 2 is 0.867 bits per heavy atom. The van der Waals surface area contributed by atoms with Crippen molar-refractivity contribution in [2.75, 3.05) is 13.2 Å². The quantitative estimate of drug-likeness (QED) is 0.0228. The molecule has 0 bridgehead atoms. The van der Waals surface area contributed by atoms with Crippen molar-refractivity contribution in [3.8, 4) is 0 Å². The van der Waals surface area contributed by atoms with Crippen molar-refractivity contribution in [3.63, 3.8) is 0 Å². The van der Waals surface area contributed by atoms with Gasteiger partial charge in [0.25, 0.3) is 0 Å². The topological polar surface area (TPSA) is 175 Å². The lowest BCUT2D eigenvalue weighted by atomic mass is 9.98. The van der Waals surface area contributed by atoms with Crippen molar-refractivity contribution < 1.29 is 58.2 Å². The van der Waals surface area contributed by atoms with Crippen molar-refractivity contribution in [1.82, 2.24) is 0 Å². The number of esters is 3. The van der Waals surface area contributed by atoms with Crippen molar-refractivity contribution in [2.24, 2.45) is 0 Å². The SMILES string of the molecule is CC/C=C\C/C=C\C/C=C\C/C=C\CCC(=O)OC1C(OCC(COC(=O)CCCCCCCCC/C=C\C/C=C\C/C=C\CC)OC(=O)CCCCCCC/C=C\C/C=C\CCCCC)OC(C(=O)O)C(O)C1O. The van der Waals surface area contributed by atoms with Gasteiger partial charge in [-0.15, -0.1) is 0 Å². The Hall–Kier alpha value is -4.62. The average molecular weight is 1050 g/mol. The van der Waals surface area contributed by atoms with Crippen molar-refractivity contribution in [3.05, 3.63) is 109 Å². The van der Waals surface area contributed by atoms with Gasteiger partial charge in [0.2, 0.25) is 0 Å². The molecule has 0 radical (unpaired) electrons. The van der Waals surface area contributed by atoms with Gasteiger partial charge in [-0.1, -0.05) is 194 Å². The third-order valence-electron chi connectivity index (χ3n) is 12.3. The summed E-state index contributed by atoms with van der Waals surface area (Å²) in [6.07, 6.45) is 55.0. The van der Waals surface area contributed by atoms with E-state index in [0.29, 0.717) is 25.7 Å². The van der Waals surface area contributed by atoms with E-state index >= 15 is 0 Å². The summed E-state index contributed by atoms with van der Waals surface area (Å²) in [4.78, 5) is 51.0. The summed E-state index contributed by atoms with van der Waals surface area (Å²) in [5.41, 5.74) is 0. The molecular weight excluding hydrogens is 949 g/mol. The van der Waals surface area contributed by atoms with Gasteiger partial charge >= 0.3 is 23.9 Å². The van der Waals surface area contributed by atoms with E-state index in [0.717, 1.165) is 122 Å². The van der Waals surface area contributed by atoms with Crippen LogP contribution in [-0.2, 0) is 42.9 Å². The van der Waals surface area contributed by atoms with Crippen molar-refractivity contribution >= 4 is 23.9 Å². The molecule has 1 fully saturated rings. The molecule has 6 unspecified atom stereocenters. The Morgan fingerprint density at radius 3 is 1.33 bits per heavy atom. The second-order valence-corrected chi connectivity index (χ2v) is 19.2. The molecule has 12 nitrogen and oxygen atoms in total. The number of aliphatic hydroxyl groups is 2. The number of carboxylic acid groups (broad SMARTS) is 1. The number of hydrogen-bond acceptors (Lipinski definition) is 11. The van der Waals surface area contributed by atoms with Crippen LogP contribution >= 0.6 is 0 Å². The molecule has 1 saturated heterocycles. The van der Waals surface area contributed by atoms with E-state index in [1.54, 1.807) is 0 Å². The van der Waals surface area contributed by atoms with Crippen LogP contribution in [0.4, 0.5) is 0 Å². The summed E-state index contributed by atoms with van der Waals surface area (Å²) in [6.45, 7) is 5.67. The Balaban J connectivity index is 2.75. The molecule has 3 N–H and O–H groups in total. The van der Waals surface area contributed by atoms with Crippen LogP contribution < -0.4 is 0 Å². The van der Waals surface area contributed by atoms with Crippen LogP contribution in [0.15, 0.2) is 109 Å². The van der Waals surface area contributed by atoms with E-state index < -0.39 is 67.3 Å². The highest BCUT2D eigenvalue weighted by Crippen LogP contribution is 2.26. The number of ether oxygens (including phenoxy) is 5. The molecule has 1 aliphatic rings. The maximum atomic E-state index is 13.1.